The van der Waals surface area contributed by atoms with Crippen molar-refractivity contribution >= 4 is 163 Å². The third-order valence-electron chi connectivity index (χ3n) is 21.5. The molecule has 0 spiro atoms. The average Bonchev–Trinajstić information content (AvgIpc) is 1.57. The van der Waals surface area contributed by atoms with Crippen LogP contribution in [-0.2, 0) is 0 Å². The van der Waals surface area contributed by atoms with Gasteiger partial charge in [-0.25, -0.2) is 19.9 Å². The summed E-state index contributed by atoms with van der Waals surface area (Å²) >= 11 is 0. The van der Waals surface area contributed by atoms with Gasteiger partial charge in [-0.2, -0.15) is 0 Å². The molecule has 17 aromatic carbocycles. The molecule has 104 heavy (non-hydrogen) atoms. The van der Waals surface area contributed by atoms with Gasteiger partial charge < -0.3 is 9.13 Å². The fraction of sp³-hybridized carbons (Fsp3) is 0. The van der Waals surface area contributed by atoms with E-state index in [2.05, 4.69) is 364 Å². The van der Waals surface area contributed by atoms with Crippen molar-refractivity contribution in [2.75, 3.05) is 0 Å². The number of fused-ring (bicyclic) bond motifs is 21. The standard InChI is InChI=1S/C50H30N4.C46H28N4/c1-2-13-33-27-36(22-21-31(33)11-1)49-39-17-7-9-19-43(39)51-50(52-49)54-45-26-24-37(30-42(45)41-28-34-14-3-4-15-35(34)29-47(41)54)53-44-20-10-8-18-40(44)48-38-16-6-5-12-32(38)23-25-46(48)53;1-2-13-30(14-3-1)45-35-18-8-10-20-39(35)47-46(48-45)50-41-25-23-33(28-38(41)37-26-31-15-4-5-16-32(31)27-43(37)50)49-40-21-11-9-19-36(40)44-34-17-7-6-12-29(34)22-24-42(44)49/h1-30H;1-28H. The molecule has 0 amide bonds. The van der Waals surface area contributed by atoms with E-state index in [-0.39, 0.29) is 0 Å². The zero-order valence-corrected chi connectivity index (χ0v) is 56.1. The molecular weight excluding hydrogens is 1270 g/mol. The molecule has 6 heterocycles. The van der Waals surface area contributed by atoms with Crippen LogP contribution in [0.25, 0.3) is 209 Å². The first kappa shape index (κ1) is 57.8. The predicted octanol–water partition coefficient (Wildman–Crippen LogP) is 24.7. The smallest absolute Gasteiger partial charge is 0.235 e. The molecule has 0 unspecified atom stereocenters. The zero-order chi connectivity index (χ0) is 68.1. The Hall–Kier alpha value is -14.1. The lowest BCUT2D eigenvalue weighted by Crippen LogP contribution is -2.03. The van der Waals surface area contributed by atoms with E-state index in [1.165, 1.54) is 108 Å². The first-order chi connectivity index (χ1) is 51.6. The van der Waals surface area contributed by atoms with Gasteiger partial charge in [0, 0.05) is 76.4 Å². The van der Waals surface area contributed by atoms with Gasteiger partial charge in [0.05, 0.1) is 66.6 Å². The Labute approximate surface area is 595 Å². The second kappa shape index (κ2) is 22.7. The Morgan fingerprint density at radius 3 is 1.01 bits per heavy atom. The molecule has 23 rings (SSSR count). The molecule has 482 valence electrons. The molecule has 6 aromatic heterocycles. The van der Waals surface area contributed by atoms with Crippen LogP contribution in [-0.4, -0.2) is 38.2 Å². The van der Waals surface area contributed by atoms with Crippen molar-refractivity contribution in [1.29, 1.82) is 0 Å². The lowest BCUT2D eigenvalue weighted by Gasteiger charge is -2.13. The van der Waals surface area contributed by atoms with Gasteiger partial charge in [-0.3, -0.25) is 9.13 Å². The zero-order valence-electron chi connectivity index (χ0n) is 56.1. The Bertz CT molecular complexity index is 7560. The van der Waals surface area contributed by atoms with Crippen LogP contribution in [0.3, 0.4) is 0 Å². The van der Waals surface area contributed by atoms with Gasteiger partial charge in [0.1, 0.15) is 0 Å². The Morgan fingerprint density at radius 1 is 0.173 bits per heavy atom. The molecule has 0 N–H and O–H groups in total. The second-order valence-corrected chi connectivity index (χ2v) is 27.3. The largest absolute Gasteiger partial charge is 0.309 e. The summed E-state index contributed by atoms with van der Waals surface area (Å²) in [5, 5.41) is 24.0. The summed E-state index contributed by atoms with van der Waals surface area (Å²) < 4.78 is 9.35. The summed E-state index contributed by atoms with van der Waals surface area (Å²) in [4.78, 5) is 21.2. The topological polar surface area (TPSA) is 71.3 Å². The minimum atomic E-state index is 0.656. The van der Waals surface area contributed by atoms with Gasteiger partial charge in [0.2, 0.25) is 11.9 Å². The normalized spacial score (nSPS) is 12.0. The molecule has 0 bridgehead atoms. The number of hydrogen-bond acceptors (Lipinski definition) is 4. The number of benzene rings is 17. The molecule has 0 saturated heterocycles. The molecule has 8 nitrogen and oxygen atoms in total. The first-order valence-electron chi connectivity index (χ1n) is 35.4. The van der Waals surface area contributed by atoms with Gasteiger partial charge in [0.25, 0.3) is 0 Å². The van der Waals surface area contributed by atoms with E-state index in [1.807, 2.05) is 6.07 Å². The molecule has 0 fully saturated rings. The summed E-state index contributed by atoms with van der Waals surface area (Å²) in [5.74, 6) is 1.32. The van der Waals surface area contributed by atoms with E-state index >= 15 is 0 Å². The predicted molar refractivity (Wildman–Crippen MR) is 435 cm³/mol. The van der Waals surface area contributed by atoms with Crippen molar-refractivity contribution in [3.63, 3.8) is 0 Å². The fourth-order valence-electron chi connectivity index (χ4n) is 16.8. The lowest BCUT2D eigenvalue weighted by atomic mass is 10.0. The number of hydrogen-bond donors (Lipinski definition) is 0. The molecule has 0 aliphatic rings. The SMILES string of the molecule is c1ccc(-c2nc(-n3c4ccc(-n5c6ccccc6c6c7ccccc7ccc65)cc4c4cc5ccccc5cc43)nc3ccccc23)cc1.c1ccc2cc(-c3nc(-n4c5ccc(-n6c7ccccc7c7c8ccccc8ccc76)cc5c5cc6ccccc6cc54)nc4ccccc34)ccc2c1. The third-order valence-corrected chi connectivity index (χ3v) is 21.5. The summed E-state index contributed by atoms with van der Waals surface area (Å²) in [6, 6.07) is 126. The van der Waals surface area contributed by atoms with Gasteiger partial charge in [-0.05, 0) is 157 Å². The molecule has 0 saturated carbocycles. The third kappa shape index (κ3) is 8.85. The van der Waals surface area contributed by atoms with E-state index in [0.29, 0.717) is 11.9 Å². The van der Waals surface area contributed by atoms with E-state index < -0.39 is 0 Å². The highest BCUT2D eigenvalue weighted by atomic mass is 15.2. The van der Waals surface area contributed by atoms with Crippen molar-refractivity contribution < 1.29 is 0 Å². The quantitative estimate of drug-likeness (QED) is 0.166. The van der Waals surface area contributed by atoms with Crippen LogP contribution in [0, 0.1) is 0 Å². The fourth-order valence-corrected chi connectivity index (χ4v) is 16.8. The Morgan fingerprint density at radius 2 is 0.519 bits per heavy atom. The van der Waals surface area contributed by atoms with Gasteiger partial charge in [-0.1, -0.05) is 249 Å². The number of rotatable bonds is 6. The summed E-state index contributed by atoms with van der Waals surface area (Å²) in [7, 11) is 0. The van der Waals surface area contributed by atoms with Crippen molar-refractivity contribution in [3.8, 4) is 45.8 Å². The minimum Gasteiger partial charge on any atom is -0.309 e. The van der Waals surface area contributed by atoms with Crippen LogP contribution in [0.5, 0.6) is 0 Å². The maximum Gasteiger partial charge on any atom is 0.235 e. The molecule has 8 heteroatoms. The van der Waals surface area contributed by atoms with E-state index in [4.69, 9.17) is 19.9 Å². The highest BCUT2D eigenvalue weighted by Gasteiger charge is 2.24. The Kier molecular flexibility index (Phi) is 12.6. The molecular formula is C96H58N8. The van der Waals surface area contributed by atoms with Crippen LogP contribution >= 0.6 is 0 Å². The van der Waals surface area contributed by atoms with Crippen LogP contribution in [0.15, 0.2) is 352 Å². The summed E-state index contributed by atoms with van der Waals surface area (Å²) in [6.45, 7) is 0. The monoisotopic (exact) mass is 1320 g/mol. The second-order valence-electron chi connectivity index (χ2n) is 27.3. The first-order valence-corrected chi connectivity index (χ1v) is 35.4. The minimum absolute atomic E-state index is 0.656. The maximum absolute atomic E-state index is 5.43. The molecule has 0 aliphatic heterocycles. The Balaban J connectivity index is 0.000000131. The van der Waals surface area contributed by atoms with Crippen LogP contribution < -0.4 is 0 Å². The van der Waals surface area contributed by atoms with Crippen LogP contribution in [0.1, 0.15) is 0 Å². The van der Waals surface area contributed by atoms with Gasteiger partial charge >= 0.3 is 0 Å². The van der Waals surface area contributed by atoms with Crippen molar-refractivity contribution in [1.82, 2.24) is 38.2 Å². The van der Waals surface area contributed by atoms with Gasteiger partial charge in [0.15, 0.2) is 0 Å². The van der Waals surface area contributed by atoms with E-state index in [0.717, 1.165) is 88.5 Å². The maximum atomic E-state index is 5.43. The average molecular weight is 1320 g/mol. The molecule has 23 aromatic rings. The lowest BCUT2D eigenvalue weighted by molar-refractivity contribution is 1.01. The number of para-hydroxylation sites is 4. The molecule has 0 atom stereocenters. The van der Waals surface area contributed by atoms with E-state index in [9.17, 15) is 0 Å². The van der Waals surface area contributed by atoms with Crippen molar-refractivity contribution in [3.05, 3.63) is 352 Å². The molecule has 0 aliphatic carbocycles. The van der Waals surface area contributed by atoms with Crippen LogP contribution in [0.4, 0.5) is 0 Å². The van der Waals surface area contributed by atoms with Crippen LogP contribution in [0.2, 0.25) is 0 Å². The highest BCUT2D eigenvalue weighted by molar-refractivity contribution is 6.24. The van der Waals surface area contributed by atoms with E-state index in [1.54, 1.807) is 0 Å². The summed E-state index contributed by atoms with van der Waals surface area (Å²) in [6.07, 6.45) is 0. The summed E-state index contributed by atoms with van der Waals surface area (Å²) in [5.41, 5.74) is 17.1. The molecule has 0 radical (unpaired) electrons. The highest BCUT2D eigenvalue weighted by Crippen LogP contribution is 2.44. The van der Waals surface area contributed by atoms with Gasteiger partial charge in [-0.15, -0.1) is 0 Å². The number of nitrogens with zero attached hydrogens (tertiary/aromatic N) is 8. The van der Waals surface area contributed by atoms with Crippen molar-refractivity contribution in [2.24, 2.45) is 0 Å². The number of aromatic nitrogens is 8. The van der Waals surface area contributed by atoms with Crippen molar-refractivity contribution in [2.45, 2.75) is 0 Å².